The van der Waals surface area contributed by atoms with Gasteiger partial charge in [0.25, 0.3) is 0 Å². The Morgan fingerprint density at radius 2 is 1.93 bits per heavy atom. The molecule has 4 heteroatoms. The van der Waals surface area contributed by atoms with Crippen LogP contribution in [0, 0.1) is 0 Å². The lowest BCUT2D eigenvalue weighted by Gasteiger charge is -2.15. The third-order valence-electron chi connectivity index (χ3n) is 2.09. The molecule has 0 aliphatic carbocycles. The summed E-state index contributed by atoms with van der Waals surface area (Å²) in [5, 5.41) is 2.60. The third-order valence-corrected chi connectivity index (χ3v) is 2.09. The van der Waals surface area contributed by atoms with Crippen LogP contribution < -0.4 is 5.32 Å². The second kappa shape index (κ2) is 3.90. The first-order valence-electron chi connectivity index (χ1n) is 4.37. The minimum atomic E-state index is -4.29. The van der Waals surface area contributed by atoms with E-state index in [2.05, 4.69) is 5.32 Å². The first kappa shape index (κ1) is 10.9. The van der Waals surface area contributed by atoms with Crippen molar-refractivity contribution in [3.8, 4) is 0 Å². The molecule has 0 saturated carbocycles. The van der Waals surface area contributed by atoms with Gasteiger partial charge in [-0.25, -0.2) is 0 Å². The van der Waals surface area contributed by atoms with E-state index in [1.807, 2.05) is 6.92 Å². The van der Waals surface area contributed by atoms with Crippen molar-refractivity contribution in [2.75, 3.05) is 12.4 Å². The van der Waals surface area contributed by atoms with Crippen molar-refractivity contribution < 1.29 is 13.2 Å². The Morgan fingerprint density at radius 3 is 2.36 bits per heavy atom. The Balaban J connectivity index is 3.29. The summed E-state index contributed by atoms with van der Waals surface area (Å²) in [4.78, 5) is 0. The largest absolute Gasteiger partial charge is 0.418 e. The monoisotopic (exact) mass is 203 g/mol. The van der Waals surface area contributed by atoms with Crippen LogP contribution in [-0.4, -0.2) is 7.05 Å². The van der Waals surface area contributed by atoms with E-state index in [0.29, 0.717) is 12.0 Å². The number of halogens is 3. The molecule has 0 aliphatic heterocycles. The van der Waals surface area contributed by atoms with Gasteiger partial charge in [0.05, 0.1) is 5.56 Å². The van der Waals surface area contributed by atoms with Crippen LogP contribution in [0.15, 0.2) is 18.2 Å². The highest BCUT2D eigenvalue weighted by atomic mass is 19.4. The fourth-order valence-electron chi connectivity index (χ4n) is 1.43. The fourth-order valence-corrected chi connectivity index (χ4v) is 1.43. The molecule has 0 spiro atoms. The van der Waals surface area contributed by atoms with Crippen LogP contribution in [0.3, 0.4) is 0 Å². The van der Waals surface area contributed by atoms with Gasteiger partial charge in [-0.2, -0.15) is 13.2 Å². The number of aryl methyl sites for hydroxylation is 1. The predicted octanol–water partition coefficient (Wildman–Crippen LogP) is 3.31. The van der Waals surface area contributed by atoms with Crippen LogP contribution in [0.2, 0.25) is 0 Å². The molecule has 0 aromatic heterocycles. The Kier molecular flexibility index (Phi) is 3.03. The Labute approximate surface area is 80.9 Å². The van der Waals surface area contributed by atoms with Gasteiger partial charge in [0.15, 0.2) is 0 Å². The maximum Gasteiger partial charge on any atom is 0.418 e. The molecule has 0 heterocycles. The molecule has 1 rings (SSSR count). The lowest BCUT2D eigenvalue weighted by atomic mass is 10.0. The molecule has 0 fully saturated rings. The topological polar surface area (TPSA) is 12.0 Å². The smallest absolute Gasteiger partial charge is 0.387 e. The molecule has 1 N–H and O–H groups in total. The van der Waals surface area contributed by atoms with Crippen LogP contribution in [0.25, 0.3) is 0 Å². The zero-order chi connectivity index (χ0) is 10.8. The van der Waals surface area contributed by atoms with Crippen molar-refractivity contribution in [3.05, 3.63) is 29.3 Å². The summed E-state index contributed by atoms with van der Waals surface area (Å²) in [6, 6.07) is 4.22. The van der Waals surface area contributed by atoms with Gasteiger partial charge in [0.2, 0.25) is 0 Å². The van der Waals surface area contributed by atoms with Crippen molar-refractivity contribution in [2.45, 2.75) is 19.5 Å². The number of hydrogen-bond donors (Lipinski definition) is 1. The molecule has 1 nitrogen and oxygen atoms in total. The van der Waals surface area contributed by atoms with Crippen molar-refractivity contribution in [2.24, 2.45) is 0 Å². The number of para-hydroxylation sites is 1. The molecule has 0 bridgehead atoms. The van der Waals surface area contributed by atoms with E-state index < -0.39 is 11.7 Å². The lowest BCUT2D eigenvalue weighted by molar-refractivity contribution is -0.137. The molecule has 0 aliphatic rings. The van der Waals surface area contributed by atoms with Gasteiger partial charge in [-0.05, 0) is 18.1 Å². The quantitative estimate of drug-likeness (QED) is 0.777. The second-order valence-corrected chi connectivity index (χ2v) is 2.94. The molecular weight excluding hydrogens is 191 g/mol. The van der Waals surface area contributed by atoms with E-state index in [1.165, 1.54) is 13.1 Å². The van der Waals surface area contributed by atoms with Crippen LogP contribution in [0.1, 0.15) is 18.1 Å². The average molecular weight is 203 g/mol. The summed E-state index contributed by atoms with van der Waals surface area (Å²) in [6.07, 6.45) is -3.70. The highest BCUT2D eigenvalue weighted by Crippen LogP contribution is 2.36. The average Bonchev–Trinajstić information content (AvgIpc) is 2.15. The molecule has 0 saturated heterocycles. The molecule has 0 radical (unpaired) electrons. The number of hydrogen-bond acceptors (Lipinski definition) is 1. The van der Waals surface area contributed by atoms with E-state index in [9.17, 15) is 13.2 Å². The van der Waals surface area contributed by atoms with Gasteiger partial charge in [-0.15, -0.1) is 0 Å². The molecule has 1 aromatic carbocycles. The maximum atomic E-state index is 12.5. The minimum Gasteiger partial charge on any atom is -0.387 e. The zero-order valence-corrected chi connectivity index (χ0v) is 8.07. The lowest BCUT2D eigenvalue weighted by Crippen LogP contribution is -2.10. The van der Waals surface area contributed by atoms with Gasteiger partial charge in [-0.1, -0.05) is 19.1 Å². The minimum absolute atomic E-state index is 0.183. The number of alkyl halides is 3. The van der Waals surface area contributed by atoms with Crippen LogP contribution >= 0.6 is 0 Å². The van der Waals surface area contributed by atoms with E-state index in [0.717, 1.165) is 6.07 Å². The summed E-state index contributed by atoms with van der Waals surface area (Å²) < 4.78 is 37.5. The molecule has 14 heavy (non-hydrogen) atoms. The SMILES string of the molecule is CCc1cccc(C(F)(F)F)c1NC. The normalized spacial score (nSPS) is 11.5. The number of rotatable bonds is 2. The van der Waals surface area contributed by atoms with Crippen LogP contribution in [0.4, 0.5) is 18.9 Å². The highest BCUT2D eigenvalue weighted by molar-refractivity contribution is 5.58. The summed E-state index contributed by atoms with van der Waals surface area (Å²) in [5.74, 6) is 0. The molecule has 0 amide bonds. The van der Waals surface area contributed by atoms with Gasteiger partial charge in [0, 0.05) is 12.7 Å². The van der Waals surface area contributed by atoms with Gasteiger partial charge in [-0.3, -0.25) is 0 Å². The summed E-state index contributed by atoms with van der Waals surface area (Å²) in [5.41, 5.74) is 0.268. The van der Waals surface area contributed by atoms with Crippen molar-refractivity contribution in [3.63, 3.8) is 0 Å². The molecule has 0 unspecified atom stereocenters. The summed E-state index contributed by atoms with van der Waals surface area (Å²) in [7, 11) is 1.50. The Morgan fingerprint density at radius 1 is 1.29 bits per heavy atom. The van der Waals surface area contributed by atoms with Crippen molar-refractivity contribution in [1.82, 2.24) is 0 Å². The van der Waals surface area contributed by atoms with E-state index in [4.69, 9.17) is 0 Å². The maximum absolute atomic E-state index is 12.5. The third kappa shape index (κ3) is 2.00. The van der Waals surface area contributed by atoms with E-state index in [1.54, 1.807) is 6.07 Å². The fraction of sp³-hybridized carbons (Fsp3) is 0.400. The van der Waals surface area contributed by atoms with Crippen LogP contribution in [0.5, 0.6) is 0 Å². The molecular formula is C10H12F3N. The Bertz CT molecular complexity index is 318. The van der Waals surface area contributed by atoms with E-state index in [-0.39, 0.29) is 5.69 Å². The molecule has 78 valence electrons. The second-order valence-electron chi connectivity index (χ2n) is 2.94. The van der Waals surface area contributed by atoms with Crippen molar-refractivity contribution in [1.29, 1.82) is 0 Å². The summed E-state index contributed by atoms with van der Waals surface area (Å²) in [6.45, 7) is 1.83. The van der Waals surface area contributed by atoms with Gasteiger partial charge >= 0.3 is 6.18 Å². The van der Waals surface area contributed by atoms with Crippen molar-refractivity contribution >= 4 is 5.69 Å². The molecule has 1 aromatic rings. The zero-order valence-electron chi connectivity index (χ0n) is 8.07. The standard InChI is InChI=1S/C10H12F3N/c1-3-7-5-4-6-8(9(7)14-2)10(11,12)13/h4-6,14H,3H2,1-2H3. The van der Waals surface area contributed by atoms with Crippen LogP contribution in [-0.2, 0) is 12.6 Å². The predicted molar refractivity (Wildman–Crippen MR) is 50.4 cm³/mol. The van der Waals surface area contributed by atoms with Gasteiger partial charge in [0.1, 0.15) is 0 Å². The molecule has 0 atom stereocenters. The number of anilines is 1. The Hall–Kier alpha value is -1.19. The summed E-state index contributed by atoms with van der Waals surface area (Å²) >= 11 is 0. The first-order chi connectivity index (χ1) is 6.50. The number of benzene rings is 1. The highest BCUT2D eigenvalue weighted by Gasteiger charge is 2.33. The number of nitrogens with one attached hydrogen (secondary N) is 1. The van der Waals surface area contributed by atoms with Gasteiger partial charge < -0.3 is 5.32 Å². The van der Waals surface area contributed by atoms with E-state index >= 15 is 0 Å². The first-order valence-corrected chi connectivity index (χ1v) is 4.37.